The highest BCUT2D eigenvalue weighted by atomic mass is 79.9. The van der Waals surface area contributed by atoms with E-state index >= 15 is 0 Å². The first-order valence-electron chi connectivity index (χ1n) is 4.12. The second kappa shape index (κ2) is 4.35. The third-order valence-electron chi connectivity index (χ3n) is 1.86. The van der Waals surface area contributed by atoms with Gasteiger partial charge in [0.05, 0.1) is 0 Å². The van der Waals surface area contributed by atoms with E-state index in [2.05, 4.69) is 40.4 Å². The minimum atomic E-state index is -0.0110. The maximum atomic E-state index is 6.38. The molecule has 4 heteroatoms. The number of hydrogen-bond donors (Lipinski definition) is 0. The molecular weight excluding hydrogens is 300 g/mol. The Morgan fingerprint density at radius 2 is 2.29 bits per heavy atom. The molecule has 1 unspecified atom stereocenters. The quantitative estimate of drug-likeness (QED) is 0.668. The van der Waals surface area contributed by atoms with E-state index in [9.17, 15) is 0 Å². The Morgan fingerprint density at radius 3 is 2.79 bits per heavy atom. The average molecular weight is 308 g/mol. The lowest BCUT2D eigenvalue weighted by Crippen LogP contribution is -1.85. The molecule has 74 valence electrons. The van der Waals surface area contributed by atoms with Gasteiger partial charge in [-0.05, 0) is 40.4 Å². The second-order valence-corrected chi connectivity index (χ2v) is 6.51. The summed E-state index contributed by atoms with van der Waals surface area (Å²) in [5.41, 5.74) is 0. The van der Waals surface area contributed by atoms with Crippen molar-refractivity contribution in [3.63, 3.8) is 0 Å². The van der Waals surface area contributed by atoms with Crippen LogP contribution < -0.4 is 0 Å². The van der Waals surface area contributed by atoms with Crippen LogP contribution in [-0.2, 0) is 0 Å². The third-order valence-corrected chi connectivity index (χ3v) is 5.54. The largest absolute Gasteiger partial charge is 0.147 e. The molecule has 2 aromatic rings. The lowest BCUT2D eigenvalue weighted by molar-refractivity contribution is 1.23. The van der Waals surface area contributed by atoms with Crippen LogP contribution in [-0.4, -0.2) is 0 Å². The van der Waals surface area contributed by atoms with Gasteiger partial charge >= 0.3 is 0 Å². The highest BCUT2D eigenvalue weighted by molar-refractivity contribution is 9.10. The van der Waals surface area contributed by atoms with Gasteiger partial charge in [0, 0.05) is 19.1 Å². The van der Waals surface area contributed by atoms with E-state index in [0.29, 0.717) is 0 Å². The van der Waals surface area contributed by atoms with Crippen LogP contribution >= 0.6 is 50.2 Å². The Morgan fingerprint density at radius 1 is 1.50 bits per heavy atom. The van der Waals surface area contributed by atoms with Crippen molar-refractivity contribution in [3.05, 3.63) is 42.7 Å². The molecule has 0 saturated heterocycles. The van der Waals surface area contributed by atoms with Gasteiger partial charge in [0.1, 0.15) is 5.38 Å². The Kier molecular flexibility index (Phi) is 3.32. The number of thiophene rings is 2. The van der Waals surface area contributed by atoms with Crippen LogP contribution in [0.25, 0.3) is 0 Å². The molecule has 0 bridgehead atoms. The number of hydrogen-bond acceptors (Lipinski definition) is 2. The van der Waals surface area contributed by atoms with Crippen molar-refractivity contribution < 1.29 is 0 Å². The molecule has 2 rings (SSSR count). The van der Waals surface area contributed by atoms with Gasteiger partial charge in [-0.1, -0.05) is 6.07 Å². The zero-order chi connectivity index (χ0) is 10.1. The molecule has 0 amide bonds. The zero-order valence-corrected chi connectivity index (χ0v) is 11.4. The Balaban J connectivity index is 2.36. The predicted octanol–water partition coefficient (Wildman–Crippen LogP) is 5.21. The average Bonchev–Trinajstić information content (AvgIpc) is 2.73. The van der Waals surface area contributed by atoms with Crippen LogP contribution in [0, 0.1) is 6.92 Å². The van der Waals surface area contributed by atoms with Gasteiger partial charge in [-0.25, -0.2) is 0 Å². The van der Waals surface area contributed by atoms with Crippen molar-refractivity contribution in [1.29, 1.82) is 0 Å². The summed E-state index contributed by atoms with van der Waals surface area (Å²) in [6.07, 6.45) is 0. The summed E-state index contributed by atoms with van der Waals surface area (Å²) in [7, 11) is 0. The van der Waals surface area contributed by atoms with Gasteiger partial charge in [0.25, 0.3) is 0 Å². The lowest BCUT2D eigenvalue weighted by Gasteiger charge is -2.04. The fourth-order valence-corrected chi connectivity index (χ4v) is 4.51. The highest BCUT2D eigenvalue weighted by Crippen LogP contribution is 2.40. The van der Waals surface area contributed by atoms with Gasteiger partial charge < -0.3 is 0 Å². The van der Waals surface area contributed by atoms with E-state index in [1.54, 1.807) is 22.7 Å². The molecule has 0 aromatic carbocycles. The van der Waals surface area contributed by atoms with Gasteiger partial charge in [-0.3, -0.25) is 0 Å². The molecule has 14 heavy (non-hydrogen) atoms. The Labute approximate surface area is 105 Å². The zero-order valence-electron chi connectivity index (χ0n) is 7.46. The van der Waals surface area contributed by atoms with Crippen molar-refractivity contribution in [2.24, 2.45) is 0 Å². The molecule has 0 fully saturated rings. The summed E-state index contributed by atoms with van der Waals surface area (Å²) in [5, 5.41) is 2.04. The molecule has 0 nitrogen and oxygen atoms in total. The number of aryl methyl sites for hydroxylation is 1. The van der Waals surface area contributed by atoms with E-state index in [0.717, 1.165) is 4.47 Å². The van der Waals surface area contributed by atoms with Crippen LogP contribution in [0.2, 0.25) is 0 Å². The molecule has 0 aliphatic heterocycles. The Hall–Kier alpha value is 0.170. The van der Waals surface area contributed by atoms with E-state index < -0.39 is 0 Å². The van der Waals surface area contributed by atoms with Gasteiger partial charge in [0.2, 0.25) is 0 Å². The maximum Gasteiger partial charge on any atom is 0.103 e. The minimum Gasteiger partial charge on any atom is -0.147 e. The topological polar surface area (TPSA) is 0 Å². The molecule has 0 saturated carbocycles. The first-order valence-corrected chi connectivity index (χ1v) is 7.04. The molecule has 2 aromatic heterocycles. The van der Waals surface area contributed by atoms with Crippen molar-refractivity contribution in [2.45, 2.75) is 12.3 Å². The first kappa shape index (κ1) is 10.7. The normalized spacial score (nSPS) is 13.1. The molecule has 0 N–H and O–H groups in total. The van der Waals surface area contributed by atoms with Gasteiger partial charge in [0.15, 0.2) is 0 Å². The van der Waals surface area contributed by atoms with E-state index in [1.165, 1.54) is 14.6 Å². The fourth-order valence-electron chi connectivity index (χ4n) is 1.24. The monoisotopic (exact) mass is 306 g/mol. The van der Waals surface area contributed by atoms with Crippen LogP contribution in [0.1, 0.15) is 20.0 Å². The summed E-state index contributed by atoms with van der Waals surface area (Å²) < 4.78 is 1.12. The Bertz CT molecular complexity index is 419. The van der Waals surface area contributed by atoms with E-state index in [-0.39, 0.29) is 5.38 Å². The van der Waals surface area contributed by atoms with Crippen molar-refractivity contribution in [2.75, 3.05) is 0 Å². The second-order valence-electron chi connectivity index (χ2n) is 2.95. The minimum absolute atomic E-state index is 0.0110. The fraction of sp³-hybridized carbons (Fsp3) is 0.200. The highest BCUT2D eigenvalue weighted by Gasteiger charge is 2.17. The van der Waals surface area contributed by atoms with Crippen LogP contribution in [0.3, 0.4) is 0 Å². The molecule has 0 aliphatic carbocycles. The lowest BCUT2D eigenvalue weighted by atomic mass is 10.3. The van der Waals surface area contributed by atoms with Gasteiger partial charge in [-0.15, -0.1) is 34.3 Å². The third kappa shape index (κ3) is 2.06. The van der Waals surface area contributed by atoms with E-state index in [1.807, 2.05) is 6.07 Å². The maximum absolute atomic E-state index is 6.38. The van der Waals surface area contributed by atoms with E-state index in [4.69, 9.17) is 11.6 Å². The van der Waals surface area contributed by atoms with Gasteiger partial charge in [-0.2, -0.15) is 0 Å². The molecule has 0 spiro atoms. The summed E-state index contributed by atoms with van der Waals surface area (Å²) in [6.45, 7) is 2.09. The molecule has 0 radical (unpaired) electrons. The number of rotatable bonds is 2. The number of alkyl halides is 1. The SMILES string of the molecule is Cc1cc(Br)c(C(Cl)c2cccs2)s1. The first-order chi connectivity index (χ1) is 6.68. The molecule has 0 aliphatic rings. The summed E-state index contributed by atoms with van der Waals surface area (Å²) >= 11 is 13.4. The summed E-state index contributed by atoms with van der Waals surface area (Å²) in [4.78, 5) is 3.69. The number of halogens is 2. The standard InChI is InChI=1S/C10H8BrClS2/c1-6-5-7(11)10(14-6)9(12)8-3-2-4-13-8/h2-5,9H,1H3. The summed E-state index contributed by atoms with van der Waals surface area (Å²) in [5.74, 6) is 0. The van der Waals surface area contributed by atoms with Crippen molar-refractivity contribution in [1.82, 2.24) is 0 Å². The van der Waals surface area contributed by atoms with Crippen LogP contribution in [0.5, 0.6) is 0 Å². The van der Waals surface area contributed by atoms with Crippen molar-refractivity contribution in [3.8, 4) is 0 Å². The van der Waals surface area contributed by atoms with Crippen molar-refractivity contribution >= 4 is 50.2 Å². The molecule has 1 atom stereocenters. The van der Waals surface area contributed by atoms with Crippen LogP contribution in [0.15, 0.2) is 28.1 Å². The molecule has 2 heterocycles. The molecular formula is C10H8BrClS2. The summed E-state index contributed by atoms with van der Waals surface area (Å²) in [6, 6.07) is 6.22. The smallest absolute Gasteiger partial charge is 0.103 e. The predicted molar refractivity (Wildman–Crippen MR) is 68.8 cm³/mol. The van der Waals surface area contributed by atoms with Crippen LogP contribution in [0.4, 0.5) is 0 Å².